The summed E-state index contributed by atoms with van der Waals surface area (Å²) in [6.07, 6.45) is 86.1. The zero-order chi connectivity index (χ0) is 52.2. The molecule has 0 aromatic carbocycles. The molecule has 0 N–H and O–H groups in total. The second kappa shape index (κ2) is 58.3. The van der Waals surface area contributed by atoms with Gasteiger partial charge in [-0.05, 0) is 89.9 Å². The van der Waals surface area contributed by atoms with Gasteiger partial charge in [-0.15, -0.1) is 0 Å². The Bertz CT molecular complexity index is 1700. The third kappa shape index (κ3) is 55.7. The van der Waals surface area contributed by atoms with Crippen molar-refractivity contribution in [1.29, 1.82) is 0 Å². The van der Waals surface area contributed by atoms with Crippen LogP contribution in [0, 0.1) is 0 Å². The Morgan fingerprint density at radius 2 is 0.611 bits per heavy atom. The van der Waals surface area contributed by atoms with Crippen molar-refractivity contribution in [2.75, 3.05) is 13.2 Å². The summed E-state index contributed by atoms with van der Waals surface area (Å²) >= 11 is 0. The monoisotopic (exact) mass is 989 g/mol. The molecule has 0 aromatic rings. The standard InChI is InChI=1S/C66H100O6/c1-4-7-10-13-16-19-22-25-28-31-33-36-38-41-44-47-50-53-56-59-65(68)71-62-63(61-70-64(67)58-55-52-49-46-43-40-37-34-30-27-24-21-18-15-12-9-6-3)72-66(69)60-57-54-51-48-45-42-39-35-32-29-26-23-20-17-14-11-8-5-2/h7,9-12,14-21,23-30,32,34-35,37,39-40,43,63H,4-6,8,13,22,31,33,36,38,41-42,44-62H2,1-3H3/b10-7-,12-9-,14-11-,18-15-,19-16-,20-17-,24-21-,26-23-,28-25-,30-27-,32-29-,37-34+,39-35-,43-40-. The molecule has 0 aromatic heterocycles. The minimum atomic E-state index is -0.823. The highest BCUT2D eigenvalue weighted by atomic mass is 16.6. The highest BCUT2D eigenvalue weighted by Crippen LogP contribution is 2.14. The van der Waals surface area contributed by atoms with Crippen molar-refractivity contribution in [2.45, 2.75) is 213 Å². The Morgan fingerprint density at radius 3 is 1.03 bits per heavy atom. The fourth-order valence-corrected chi connectivity index (χ4v) is 7.05. The summed E-state index contributed by atoms with van der Waals surface area (Å²) in [5.41, 5.74) is 0. The van der Waals surface area contributed by atoms with Crippen LogP contribution in [0.4, 0.5) is 0 Å². The lowest BCUT2D eigenvalue weighted by atomic mass is 10.1. The Morgan fingerprint density at radius 1 is 0.306 bits per heavy atom. The number of rotatable bonds is 48. The summed E-state index contributed by atoms with van der Waals surface area (Å²) in [6.45, 7) is 6.21. The fraction of sp³-hybridized carbons (Fsp3) is 0.530. The zero-order valence-electron chi connectivity index (χ0n) is 45.6. The molecule has 0 heterocycles. The van der Waals surface area contributed by atoms with Crippen LogP contribution < -0.4 is 0 Å². The normalized spacial score (nSPS) is 13.4. The average molecular weight is 990 g/mol. The van der Waals surface area contributed by atoms with Gasteiger partial charge in [-0.2, -0.15) is 0 Å². The van der Waals surface area contributed by atoms with Crippen LogP contribution in [0.1, 0.15) is 207 Å². The second-order valence-electron chi connectivity index (χ2n) is 18.0. The maximum Gasteiger partial charge on any atom is 0.306 e. The van der Waals surface area contributed by atoms with E-state index >= 15 is 0 Å². The third-order valence-corrected chi connectivity index (χ3v) is 11.2. The van der Waals surface area contributed by atoms with E-state index in [2.05, 4.69) is 93.7 Å². The quantitative estimate of drug-likeness (QED) is 0.0199. The SMILES string of the molecule is CC\C=C/C=C\C=C/C=C\C=C\C=C/CCCCCC(=O)OCC(COC(=O)CCCCCCCCCCC/C=C\C/C=C\C/C=C\CC)OC(=O)CCCCCCC\C=C/C=C\C=C/C=C\C=C/CCC. The van der Waals surface area contributed by atoms with E-state index in [0.717, 1.165) is 116 Å². The summed E-state index contributed by atoms with van der Waals surface area (Å²) in [6, 6.07) is 0. The largest absolute Gasteiger partial charge is 0.462 e. The summed E-state index contributed by atoms with van der Waals surface area (Å²) in [5.74, 6) is -1.00. The molecule has 0 saturated carbocycles. The van der Waals surface area contributed by atoms with E-state index in [0.29, 0.717) is 19.3 Å². The topological polar surface area (TPSA) is 78.9 Å². The van der Waals surface area contributed by atoms with Gasteiger partial charge in [0.25, 0.3) is 0 Å². The van der Waals surface area contributed by atoms with E-state index in [9.17, 15) is 14.4 Å². The maximum absolute atomic E-state index is 12.9. The van der Waals surface area contributed by atoms with Crippen molar-refractivity contribution in [2.24, 2.45) is 0 Å². The Labute approximate surface area is 441 Å². The lowest BCUT2D eigenvalue weighted by Gasteiger charge is -2.18. The summed E-state index contributed by atoms with van der Waals surface area (Å²) in [5, 5.41) is 0. The van der Waals surface area contributed by atoms with Gasteiger partial charge in [0, 0.05) is 19.3 Å². The number of carbonyl (C=O) groups excluding carboxylic acids is 3. The van der Waals surface area contributed by atoms with Crippen LogP contribution in [-0.4, -0.2) is 37.2 Å². The first-order valence-corrected chi connectivity index (χ1v) is 28.3. The maximum atomic E-state index is 12.9. The van der Waals surface area contributed by atoms with Gasteiger partial charge in [0.15, 0.2) is 6.10 Å². The molecule has 0 radical (unpaired) electrons. The first kappa shape index (κ1) is 66.8. The van der Waals surface area contributed by atoms with E-state index in [4.69, 9.17) is 14.2 Å². The highest BCUT2D eigenvalue weighted by Gasteiger charge is 2.19. The van der Waals surface area contributed by atoms with E-state index in [1.807, 2.05) is 97.2 Å². The molecule has 0 bridgehead atoms. The molecule has 0 aliphatic carbocycles. The van der Waals surface area contributed by atoms with Crippen molar-refractivity contribution >= 4 is 17.9 Å². The van der Waals surface area contributed by atoms with Gasteiger partial charge >= 0.3 is 17.9 Å². The number of unbranched alkanes of at least 4 members (excludes halogenated alkanes) is 18. The van der Waals surface area contributed by atoms with Gasteiger partial charge in [-0.1, -0.05) is 268 Å². The Hall–Kier alpha value is -5.23. The first-order valence-electron chi connectivity index (χ1n) is 28.3. The predicted molar refractivity (Wildman–Crippen MR) is 311 cm³/mol. The van der Waals surface area contributed by atoms with Crippen molar-refractivity contribution in [1.82, 2.24) is 0 Å². The zero-order valence-corrected chi connectivity index (χ0v) is 45.6. The van der Waals surface area contributed by atoms with Crippen LogP contribution in [-0.2, 0) is 28.6 Å². The molecular weight excluding hydrogens is 889 g/mol. The van der Waals surface area contributed by atoms with Gasteiger partial charge in [-0.3, -0.25) is 14.4 Å². The molecule has 6 nitrogen and oxygen atoms in total. The molecular formula is C66H100O6. The molecule has 0 amide bonds. The fourth-order valence-electron chi connectivity index (χ4n) is 7.05. The summed E-state index contributed by atoms with van der Waals surface area (Å²) in [7, 11) is 0. The number of esters is 3. The van der Waals surface area contributed by atoms with Crippen molar-refractivity contribution in [3.8, 4) is 0 Å². The number of hydrogen-bond acceptors (Lipinski definition) is 6. The van der Waals surface area contributed by atoms with Crippen molar-refractivity contribution < 1.29 is 28.6 Å². The molecule has 0 fully saturated rings. The van der Waals surface area contributed by atoms with Crippen LogP contribution in [0.15, 0.2) is 170 Å². The molecule has 0 rings (SSSR count). The molecule has 0 saturated heterocycles. The highest BCUT2D eigenvalue weighted by molar-refractivity contribution is 5.71. The van der Waals surface area contributed by atoms with E-state index < -0.39 is 6.10 Å². The first-order chi connectivity index (χ1) is 35.5. The average Bonchev–Trinajstić information content (AvgIpc) is 3.38. The van der Waals surface area contributed by atoms with Crippen LogP contribution in [0.25, 0.3) is 0 Å². The number of hydrogen-bond donors (Lipinski definition) is 0. The van der Waals surface area contributed by atoms with E-state index in [1.54, 1.807) is 0 Å². The smallest absolute Gasteiger partial charge is 0.306 e. The molecule has 400 valence electrons. The third-order valence-electron chi connectivity index (χ3n) is 11.2. The summed E-state index contributed by atoms with van der Waals surface area (Å²) in [4.78, 5) is 38.2. The molecule has 72 heavy (non-hydrogen) atoms. The molecule has 0 spiro atoms. The van der Waals surface area contributed by atoms with Gasteiger partial charge < -0.3 is 14.2 Å². The molecule has 1 atom stereocenters. The van der Waals surface area contributed by atoms with Gasteiger partial charge in [0.05, 0.1) is 0 Å². The lowest BCUT2D eigenvalue weighted by molar-refractivity contribution is -0.167. The van der Waals surface area contributed by atoms with Crippen LogP contribution in [0.2, 0.25) is 0 Å². The van der Waals surface area contributed by atoms with Crippen molar-refractivity contribution in [3.63, 3.8) is 0 Å². The molecule has 0 aliphatic heterocycles. The summed E-state index contributed by atoms with van der Waals surface area (Å²) < 4.78 is 16.8. The van der Waals surface area contributed by atoms with Crippen LogP contribution in [0.5, 0.6) is 0 Å². The van der Waals surface area contributed by atoms with Gasteiger partial charge in [0.1, 0.15) is 13.2 Å². The van der Waals surface area contributed by atoms with Crippen LogP contribution >= 0.6 is 0 Å². The van der Waals surface area contributed by atoms with E-state index in [1.165, 1.54) is 44.9 Å². The minimum Gasteiger partial charge on any atom is -0.462 e. The Kier molecular flexibility index (Phi) is 54.1. The van der Waals surface area contributed by atoms with Crippen molar-refractivity contribution in [3.05, 3.63) is 170 Å². The van der Waals surface area contributed by atoms with Gasteiger partial charge in [0.2, 0.25) is 0 Å². The molecule has 1 unspecified atom stereocenters. The number of carbonyl (C=O) groups is 3. The molecule has 6 heteroatoms. The number of allylic oxidation sites excluding steroid dienone is 28. The minimum absolute atomic E-state index is 0.115. The second-order valence-corrected chi connectivity index (χ2v) is 18.0. The number of ether oxygens (including phenoxy) is 3. The predicted octanol–water partition coefficient (Wildman–Crippen LogP) is 19.1. The Balaban J connectivity index is 4.57. The lowest BCUT2D eigenvalue weighted by Crippen LogP contribution is -2.30. The van der Waals surface area contributed by atoms with Crippen LogP contribution in [0.3, 0.4) is 0 Å². The molecule has 0 aliphatic rings. The van der Waals surface area contributed by atoms with E-state index in [-0.39, 0.29) is 37.5 Å². The van der Waals surface area contributed by atoms with Gasteiger partial charge in [-0.25, -0.2) is 0 Å².